The molecule has 0 aromatic heterocycles. The van der Waals surface area contributed by atoms with Crippen molar-refractivity contribution < 1.29 is 29.1 Å². The lowest BCUT2D eigenvalue weighted by atomic mass is 10.1. The fourth-order valence-corrected chi connectivity index (χ4v) is 2.49. The van der Waals surface area contributed by atoms with Crippen molar-refractivity contribution in [3.8, 4) is 0 Å². The smallest absolute Gasteiger partial charge is 0.322 e. The largest absolute Gasteiger partial charge is 0.480 e. The molecule has 0 saturated carbocycles. The summed E-state index contributed by atoms with van der Waals surface area (Å²) in [7, 11) is 0. The van der Waals surface area contributed by atoms with Crippen molar-refractivity contribution in [3.05, 3.63) is 0 Å². The summed E-state index contributed by atoms with van der Waals surface area (Å²) in [5, 5.41) is 13.2. The summed E-state index contributed by atoms with van der Waals surface area (Å²) < 4.78 is 0. The summed E-state index contributed by atoms with van der Waals surface area (Å²) in [4.78, 5) is 59.4. The molecule has 1 saturated heterocycles. The molecular weight excluding hydrogens is 334 g/mol. The van der Waals surface area contributed by atoms with Gasteiger partial charge < -0.3 is 32.1 Å². The second-order valence-electron chi connectivity index (χ2n) is 5.82. The molecule has 0 spiro atoms. The van der Waals surface area contributed by atoms with Crippen molar-refractivity contribution in [2.45, 2.75) is 44.3 Å². The topological polar surface area (TPSA) is 185 Å². The van der Waals surface area contributed by atoms with Crippen LogP contribution < -0.4 is 22.1 Å². The third kappa shape index (κ3) is 6.03. The van der Waals surface area contributed by atoms with E-state index in [2.05, 4.69) is 10.6 Å². The number of hydrogen-bond acceptors (Lipinski definition) is 6. The van der Waals surface area contributed by atoms with Gasteiger partial charge >= 0.3 is 5.97 Å². The Bertz CT molecular complexity index is 564. The van der Waals surface area contributed by atoms with E-state index in [0.29, 0.717) is 12.8 Å². The van der Waals surface area contributed by atoms with E-state index in [4.69, 9.17) is 16.6 Å². The van der Waals surface area contributed by atoms with Gasteiger partial charge in [0.05, 0.1) is 12.5 Å². The number of carbonyl (C=O) groups excluding carboxylic acids is 4. The molecule has 1 aliphatic heterocycles. The lowest BCUT2D eigenvalue weighted by Gasteiger charge is -2.28. The molecule has 0 aromatic carbocycles. The highest BCUT2D eigenvalue weighted by Gasteiger charge is 2.38. The quantitative estimate of drug-likeness (QED) is 0.304. The van der Waals surface area contributed by atoms with Crippen molar-refractivity contribution in [2.24, 2.45) is 11.5 Å². The van der Waals surface area contributed by atoms with Gasteiger partial charge in [-0.3, -0.25) is 24.0 Å². The fourth-order valence-electron chi connectivity index (χ4n) is 2.49. The first-order valence-electron chi connectivity index (χ1n) is 7.77. The molecule has 3 atom stereocenters. The third-order valence-electron chi connectivity index (χ3n) is 3.69. The predicted molar refractivity (Wildman–Crippen MR) is 84.8 cm³/mol. The number of nitrogens with one attached hydrogen (secondary N) is 2. The van der Waals surface area contributed by atoms with Crippen LogP contribution in [0.2, 0.25) is 0 Å². The number of amides is 4. The van der Waals surface area contributed by atoms with Gasteiger partial charge in [-0.25, -0.2) is 0 Å². The summed E-state index contributed by atoms with van der Waals surface area (Å²) in [6.07, 6.45) is 0.445. The first-order valence-corrected chi connectivity index (χ1v) is 7.77. The summed E-state index contributed by atoms with van der Waals surface area (Å²) in [5.74, 6) is -3.88. The van der Waals surface area contributed by atoms with Crippen molar-refractivity contribution in [1.82, 2.24) is 15.5 Å². The van der Waals surface area contributed by atoms with E-state index in [9.17, 15) is 24.0 Å². The summed E-state index contributed by atoms with van der Waals surface area (Å²) in [5.41, 5.74) is 10.6. The first kappa shape index (κ1) is 20.4. The molecule has 25 heavy (non-hydrogen) atoms. The Morgan fingerprint density at radius 1 is 1.28 bits per heavy atom. The van der Waals surface area contributed by atoms with Crippen molar-refractivity contribution >= 4 is 29.6 Å². The number of nitrogens with two attached hydrogens (primary N) is 2. The normalized spacial score (nSPS) is 19.0. The number of carboxylic acids is 1. The number of rotatable bonds is 8. The summed E-state index contributed by atoms with van der Waals surface area (Å²) in [6, 6.07) is -2.99. The Labute approximate surface area is 144 Å². The molecule has 140 valence electrons. The molecule has 1 heterocycles. The van der Waals surface area contributed by atoms with Crippen molar-refractivity contribution in [2.75, 3.05) is 13.1 Å². The minimum Gasteiger partial charge on any atom is -0.480 e. The molecular formula is C14H23N5O6. The van der Waals surface area contributed by atoms with Gasteiger partial charge in [-0.15, -0.1) is 0 Å². The SMILES string of the molecule is CC(N)C(=O)NC(CC(N)=O)C(=O)N1CCCC1C(=O)NCC(=O)O. The number of hydrogen-bond donors (Lipinski definition) is 5. The van der Waals surface area contributed by atoms with Gasteiger partial charge in [0.1, 0.15) is 18.6 Å². The molecule has 1 rings (SSSR count). The molecule has 7 N–H and O–H groups in total. The third-order valence-corrected chi connectivity index (χ3v) is 3.69. The Hall–Kier alpha value is -2.69. The Kier molecular flexibility index (Phi) is 7.30. The molecule has 0 aromatic rings. The van der Waals surface area contributed by atoms with Crippen LogP contribution in [-0.4, -0.2) is 70.8 Å². The molecule has 0 radical (unpaired) electrons. The van der Waals surface area contributed by atoms with Crippen LogP contribution in [0.15, 0.2) is 0 Å². The number of likely N-dealkylation sites (tertiary alicyclic amines) is 1. The van der Waals surface area contributed by atoms with E-state index in [0.717, 1.165) is 0 Å². The zero-order valence-electron chi connectivity index (χ0n) is 13.9. The van der Waals surface area contributed by atoms with E-state index in [1.165, 1.54) is 11.8 Å². The molecule has 1 fully saturated rings. The number of nitrogens with zero attached hydrogens (tertiary/aromatic N) is 1. The summed E-state index contributed by atoms with van der Waals surface area (Å²) in [6.45, 7) is 1.09. The highest BCUT2D eigenvalue weighted by Crippen LogP contribution is 2.19. The molecule has 0 bridgehead atoms. The number of aliphatic carboxylic acids is 1. The van der Waals surface area contributed by atoms with Crippen molar-refractivity contribution in [1.29, 1.82) is 0 Å². The molecule has 4 amide bonds. The van der Waals surface area contributed by atoms with Crippen LogP contribution in [0, 0.1) is 0 Å². The van der Waals surface area contributed by atoms with E-state index in [1.54, 1.807) is 0 Å². The van der Waals surface area contributed by atoms with Crippen LogP contribution in [-0.2, 0) is 24.0 Å². The van der Waals surface area contributed by atoms with E-state index < -0.39 is 60.7 Å². The van der Waals surface area contributed by atoms with Crippen molar-refractivity contribution in [3.63, 3.8) is 0 Å². The molecule has 0 aliphatic carbocycles. The van der Waals surface area contributed by atoms with E-state index in [-0.39, 0.29) is 6.54 Å². The van der Waals surface area contributed by atoms with Crippen LogP contribution in [0.4, 0.5) is 0 Å². The maximum absolute atomic E-state index is 12.7. The highest BCUT2D eigenvalue weighted by atomic mass is 16.4. The van der Waals surface area contributed by atoms with Crippen LogP contribution in [0.25, 0.3) is 0 Å². The minimum atomic E-state index is -1.23. The van der Waals surface area contributed by atoms with Crippen LogP contribution in [0.5, 0.6) is 0 Å². The lowest BCUT2D eigenvalue weighted by molar-refractivity contribution is -0.143. The molecule has 11 heteroatoms. The zero-order chi connectivity index (χ0) is 19.1. The number of carboxylic acid groups (broad SMARTS) is 1. The molecule has 3 unspecified atom stereocenters. The number of carbonyl (C=O) groups is 5. The second kappa shape index (κ2) is 8.97. The van der Waals surface area contributed by atoms with Crippen LogP contribution >= 0.6 is 0 Å². The average molecular weight is 357 g/mol. The maximum atomic E-state index is 12.7. The van der Waals surface area contributed by atoms with Gasteiger partial charge in [0, 0.05) is 6.54 Å². The maximum Gasteiger partial charge on any atom is 0.322 e. The molecule has 1 aliphatic rings. The average Bonchev–Trinajstić information content (AvgIpc) is 3.00. The Morgan fingerprint density at radius 2 is 1.92 bits per heavy atom. The fraction of sp³-hybridized carbons (Fsp3) is 0.643. The van der Waals surface area contributed by atoms with Gasteiger partial charge in [0.15, 0.2) is 0 Å². The Balaban J connectivity index is 2.86. The first-order chi connectivity index (χ1) is 11.6. The summed E-state index contributed by atoms with van der Waals surface area (Å²) >= 11 is 0. The molecule has 11 nitrogen and oxygen atoms in total. The van der Waals surface area contributed by atoms with Gasteiger partial charge in [0.25, 0.3) is 0 Å². The van der Waals surface area contributed by atoms with Gasteiger partial charge in [-0.1, -0.05) is 0 Å². The Morgan fingerprint density at radius 3 is 2.44 bits per heavy atom. The highest BCUT2D eigenvalue weighted by molar-refractivity contribution is 5.96. The van der Waals surface area contributed by atoms with E-state index >= 15 is 0 Å². The van der Waals surface area contributed by atoms with Crippen LogP contribution in [0.3, 0.4) is 0 Å². The minimum absolute atomic E-state index is 0.243. The van der Waals surface area contributed by atoms with Gasteiger partial charge in [0.2, 0.25) is 23.6 Å². The van der Waals surface area contributed by atoms with Gasteiger partial charge in [-0.2, -0.15) is 0 Å². The van der Waals surface area contributed by atoms with Crippen LogP contribution in [0.1, 0.15) is 26.2 Å². The lowest BCUT2D eigenvalue weighted by Crippen LogP contribution is -2.56. The zero-order valence-corrected chi connectivity index (χ0v) is 13.9. The van der Waals surface area contributed by atoms with E-state index in [1.807, 2.05) is 0 Å². The monoisotopic (exact) mass is 357 g/mol. The number of primary amides is 1. The van der Waals surface area contributed by atoms with Gasteiger partial charge in [-0.05, 0) is 19.8 Å². The predicted octanol–water partition coefficient (Wildman–Crippen LogP) is -3.11. The second-order valence-corrected chi connectivity index (χ2v) is 5.82. The standard InChI is InChI=1S/C14H23N5O6/c1-7(15)12(23)18-8(5-10(16)20)14(25)19-4-2-3-9(19)13(24)17-6-11(21)22/h7-9H,2-6,15H2,1H3,(H2,16,20)(H,17,24)(H,18,23)(H,21,22).